The number of nitrogens with zero attached hydrogens (tertiary/aromatic N) is 1. The minimum atomic E-state index is -0.743. The maximum absolute atomic E-state index is 12.9. The maximum atomic E-state index is 12.9. The Hall–Kier alpha value is -1.92. The van der Waals surface area contributed by atoms with Gasteiger partial charge in [-0.15, -0.1) is 0 Å². The molecule has 1 rings (SSSR count). The monoisotopic (exact) mass is 363 g/mol. The van der Waals surface area contributed by atoms with Gasteiger partial charge in [0, 0.05) is 6.04 Å². The fourth-order valence-corrected chi connectivity index (χ4v) is 2.66. The normalized spacial score (nSPS) is 13.8. The third-order valence-electron chi connectivity index (χ3n) is 3.93. The molecular formula is C20H33N3O3. The van der Waals surface area contributed by atoms with Gasteiger partial charge in [0.25, 0.3) is 0 Å². The largest absolute Gasteiger partial charge is 0.443 e. The van der Waals surface area contributed by atoms with E-state index in [9.17, 15) is 9.59 Å². The lowest BCUT2D eigenvalue weighted by Crippen LogP contribution is -2.52. The number of rotatable bonds is 8. The Morgan fingerprint density at radius 3 is 2.31 bits per heavy atom. The molecule has 26 heavy (non-hydrogen) atoms. The molecule has 0 aromatic heterocycles. The van der Waals surface area contributed by atoms with Crippen LogP contribution in [-0.2, 0) is 16.0 Å². The Bertz CT molecular complexity index is 569. The first-order valence-electron chi connectivity index (χ1n) is 9.21. The molecule has 0 aliphatic rings. The molecule has 0 radical (unpaired) electrons. The standard InChI is InChI=1S/C20H33N3O3/c1-15(14-16-10-6-5-7-11-16)23(19(25)26-20(2,3)4)18(24)17(22)12-8-9-13-21/h5-7,10-11,15,17H,8-9,12-14,21-22H2,1-4H3/t15?,17-/m0/s1. The molecule has 0 aliphatic heterocycles. The van der Waals surface area contributed by atoms with Crippen LogP contribution < -0.4 is 11.5 Å². The lowest BCUT2D eigenvalue weighted by molar-refractivity contribution is -0.133. The quantitative estimate of drug-likeness (QED) is 0.692. The molecule has 0 fully saturated rings. The van der Waals surface area contributed by atoms with E-state index >= 15 is 0 Å². The summed E-state index contributed by atoms with van der Waals surface area (Å²) < 4.78 is 5.45. The van der Waals surface area contributed by atoms with Gasteiger partial charge in [0.2, 0.25) is 5.91 Å². The summed E-state index contributed by atoms with van der Waals surface area (Å²) in [7, 11) is 0. The molecule has 1 aromatic carbocycles. The highest BCUT2D eigenvalue weighted by Crippen LogP contribution is 2.17. The van der Waals surface area contributed by atoms with Crippen LogP contribution in [0, 0.1) is 0 Å². The van der Waals surface area contributed by atoms with Gasteiger partial charge in [0.05, 0.1) is 6.04 Å². The van der Waals surface area contributed by atoms with Crippen molar-refractivity contribution in [3.8, 4) is 0 Å². The molecule has 0 bridgehead atoms. The van der Waals surface area contributed by atoms with Gasteiger partial charge in [0.15, 0.2) is 0 Å². The number of ether oxygens (including phenoxy) is 1. The highest BCUT2D eigenvalue weighted by Gasteiger charge is 2.34. The summed E-state index contributed by atoms with van der Waals surface area (Å²) in [6.45, 7) is 7.71. The van der Waals surface area contributed by atoms with Crippen molar-refractivity contribution in [2.24, 2.45) is 11.5 Å². The summed E-state index contributed by atoms with van der Waals surface area (Å²) >= 11 is 0. The molecular weight excluding hydrogens is 330 g/mol. The van der Waals surface area contributed by atoms with Gasteiger partial charge in [-0.25, -0.2) is 9.69 Å². The Balaban J connectivity index is 2.93. The SMILES string of the molecule is CC(Cc1ccccc1)N(C(=O)OC(C)(C)C)C(=O)[C@@H](N)CCCCN. The summed E-state index contributed by atoms with van der Waals surface area (Å²) in [5, 5.41) is 0. The van der Waals surface area contributed by atoms with Crippen molar-refractivity contribution >= 4 is 12.0 Å². The van der Waals surface area contributed by atoms with Crippen LogP contribution in [0.3, 0.4) is 0 Å². The van der Waals surface area contributed by atoms with Crippen LogP contribution in [0.25, 0.3) is 0 Å². The first-order valence-corrected chi connectivity index (χ1v) is 9.21. The van der Waals surface area contributed by atoms with Crippen molar-refractivity contribution in [2.45, 2.75) is 71.1 Å². The zero-order valence-corrected chi connectivity index (χ0v) is 16.4. The number of carbonyl (C=O) groups is 2. The molecule has 1 aromatic rings. The minimum Gasteiger partial charge on any atom is -0.443 e. The third kappa shape index (κ3) is 7.54. The second-order valence-electron chi connectivity index (χ2n) is 7.62. The molecule has 4 N–H and O–H groups in total. The van der Waals surface area contributed by atoms with E-state index in [0.717, 1.165) is 18.4 Å². The summed E-state index contributed by atoms with van der Waals surface area (Å²) in [5.74, 6) is -0.403. The van der Waals surface area contributed by atoms with E-state index in [1.165, 1.54) is 4.90 Å². The van der Waals surface area contributed by atoms with Gasteiger partial charge in [-0.1, -0.05) is 36.8 Å². The van der Waals surface area contributed by atoms with Gasteiger partial charge in [-0.3, -0.25) is 4.79 Å². The van der Waals surface area contributed by atoms with E-state index in [4.69, 9.17) is 16.2 Å². The van der Waals surface area contributed by atoms with Crippen molar-refractivity contribution in [1.82, 2.24) is 4.90 Å². The number of carbonyl (C=O) groups excluding carboxylic acids is 2. The summed E-state index contributed by atoms with van der Waals surface area (Å²) in [6.07, 6.45) is 1.93. The topological polar surface area (TPSA) is 98.6 Å². The van der Waals surface area contributed by atoms with Crippen LogP contribution in [-0.4, -0.2) is 41.1 Å². The second kappa shape index (κ2) is 10.3. The van der Waals surface area contributed by atoms with E-state index in [-0.39, 0.29) is 6.04 Å². The lowest BCUT2D eigenvalue weighted by atomic mass is 10.0. The first-order chi connectivity index (χ1) is 12.2. The summed E-state index contributed by atoms with van der Waals surface area (Å²) in [6, 6.07) is 8.62. The van der Waals surface area contributed by atoms with E-state index in [0.29, 0.717) is 19.4 Å². The van der Waals surface area contributed by atoms with Crippen LogP contribution in [0.15, 0.2) is 30.3 Å². The highest BCUT2D eigenvalue weighted by atomic mass is 16.6. The van der Waals surface area contributed by atoms with Crippen LogP contribution in [0.1, 0.15) is 52.5 Å². The van der Waals surface area contributed by atoms with E-state index < -0.39 is 23.6 Å². The zero-order valence-electron chi connectivity index (χ0n) is 16.4. The molecule has 0 aliphatic carbocycles. The maximum Gasteiger partial charge on any atom is 0.417 e. The first kappa shape index (κ1) is 22.1. The average molecular weight is 364 g/mol. The predicted octanol–water partition coefficient (Wildman–Crippen LogP) is 2.84. The van der Waals surface area contributed by atoms with Crippen molar-refractivity contribution in [2.75, 3.05) is 6.54 Å². The van der Waals surface area contributed by atoms with Gasteiger partial charge in [-0.05, 0) is 59.1 Å². The fourth-order valence-electron chi connectivity index (χ4n) is 2.66. The highest BCUT2D eigenvalue weighted by molar-refractivity contribution is 5.95. The smallest absolute Gasteiger partial charge is 0.417 e. The van der Waals surface area contributed by atoms with Gasteiger partial charge < -0.3 is 16.2 Å². The van der Waals surface area contributed by atoms with Crippen LogP contribution in [0.2, 0.25) is 0 Å². The minimum absolute atomic E-state index is 0.361. The number of benzene rings is 1. The fraction of sp³-hybridized carbons (Fsp3) is 0.600. The zero-order chi connectivity index (χ0) is 19.7. The van der Waals surface area contributed by atoms with E-state index in [1.54, 1.807) is 20.8 Å². The molecule has 2 amide bonds. The van der Waals surface area contributed by atoms with Gasteiger partial charge >= 0.3 is 6.09 Å². The van der Waals surface area contributed by atoms with Crippen molar-refractivity contribution in [1.29, 1.82) is 0 Å². The summed E-state index contributed by atoms with van der Waals surface area (Å²) in [4.78, 5) is 26.7. The summed E-state index contributed by atoms with van der Waals surface area (Å²) in [5.41, 5.74) is 11.9. The molecule has 2 atom stereocenters. The van der Waals surface area contributed by atoms with E-state index in [2.05, 4.69) is 0 Å². The number of imide groups is 1. The molecule has 6 heteroatoms. The molecule has 0 spiro atoms. The predicted molar refractivity (Wildman–Crippen MR) is 104 cm³/mol. The van der Waals surface area contributed by atoms with Crippen LogP contribution in [0.4, 0.5) is 4.79 Å². The van der Waals surface area contributed by atoms with Gasteiger partial charge in [0.1, 0.15) is 5.60 Å². The lowest BCUT2D eigenvalue weighted by Gasteiger charge is -2.32. The average Bonchev–Trinajstić information content (AvgIpc) is 2.54. The Kier molecular flexibility index (Phi) is 8.75. The van der Waals surface area contributed by atoms with Gasteiger partial charge in [-0.2, -0.15) is 0 Å². The van der Waals surface area contributed by atoms with Crippen LogP contribution >= 0.6 is 0 Å². The number of unbranched alkanes of at least 4 members (excludes halogenated alkanes) is 1. The van der Waals surface area contributed by atoms with Crippen molar-refractivity contribution in [3.63, 3.8) is 0 Å². The molecule has 146 valence electrons. The number of hydrogen-bond donors (Lipinski definition) is 2. The third-order valence-corrected chi connectivity index (χ3v) is 3.93. The molecule has 0 saturated carbocycles. The Morgan fingerprint density at radius 1 is 1.15 bits per heavy atom. The van der Waals surface area contributed by atoms with E-state index in [1.807, 2.05) is 37.3 Å². The number of amides is 2. The Morgan fingerprint density at radius 2 is 1.77 bits per heavy atom. The number of hydrogen-bond acceptors (Lipinski definition) is 5. The molecule has 0 saturated heterocycles. The second-order valence-corrected chi connectivity index (χ2v) is 7.62. The Labute approximate surface area is 156 Å². The molecule has 1 unspecified atom stereocenters. The van der Waals surface area contributed by atoms with Crippen molar-refractivity contribution < 1.29 is 14.3 Å². The molecule has 6 nitrogen and oxygen atoms in total. The number of nitrogens with two attached hydrogens (primary N) is 2. The van der Waals surface area contributed by atoms with Crippen molar-refractivity contribution in [3.05, 3.63) is 35.9 Å². The molecule has 0 heterocycles. The van der Waals surface area contributed by atoms with Crippen LogP contribution in [0.5, 0.6) is 0 Å².